The Morgan fingerprint density at radius 3 is 0.905 bits per heavy atom. The Kier molecular flexibility index (Phi) is 29.8. The third kappa shape index (κ3) is 21.2. The molecule has 0 spiro atoms. The summed E-state index contributed by atoms with van der Waals surface area (Å²) in [5.74, 6) is 0.0736. The number of carbonyl (C=O) groups excluding carboxylic acids is 1. The third-order valence-electron chi connectivity index (χ3n) is 16.7. The van der Waals surface area contributed by atoms with Gasteiger partial charge in [-0.25, -0.2) is 0 Å². The van der Waals surface area contributed by atoms with Crippen LogP contribution in [0.3, 0.4) is 0 Å². The number of carbonyl (C=O) groups is 1. The smallest absolute Gasteiger partial charge is 1.00 e. The molecule has 2 N–H and O–H groups in total. The Hall–Kier alpha value is -3.61. The van der Waals surface area contributed by atoms with E-state index in [0.29, 0.717) is 92.0 Å². The maximum absolute atomic E-state index is 12.8. The van der Waals surface area contributed by atoms with Gasteiger partial charge in [0.25, 0.3) is 0 Å². The van der Waals surface area contributed by atoms with Gasteiger partial charge in [-0.1, -0.05) is 200 Å². The second-order valence-electron chi connectivity index (χ2n) is 22.9. The minimum Gasteiger partial charge on any atom is -1.00 e. The van der Waals surface area contributed by atoms with E-state index in [-0.39, 0.29) is 63.3 Å². The van der Waals surface area contributed by atoms with Crippen LogP contribution < -0.4 is 44.3 Å². The quantitative estimate of drug-likeness (QED) is 0.0771. The Labute approximate surface area is 642 Å². The van der Waals surface area contributed by atoms with Crippen molar-refractivity contribution in [3.05, 3.63) is 294 Å². The first-order valence-corrected chi connectivity index (χ1v) is 34.5. The van der Waals surface area contributed by atoms with Crippen LogP contribution in [0.4, 0.5) is 17.1 Å². The van der Waals surface area contributed by atoms with Gasteiger partial charge in [0.1, 0.15) is 0 Å². The van der Waals surface area contributed by atoms with Gasteiger partial charge in [-0.15, -0.1) is 0 Å². The number of Topliss-reactive ketones (excluding diaryl/α,β-unsaturated/α-hetero) is 1. The number of benzene rings is 9. The maximum Gasteiger partial charge on any atom is 1.00 e. The van der Waals surface area contributed by atoms with E-state index in [1.807, 2.05) is 133 Å². The summed E-state index contributed by atoms with van der Waals surface area (Å²) in [6.45, 7) is 8.17. The average Bonchev–Trinajstić information content (AvgIpc) is 0.806. The van der Waals surface area contributed by atoms with E-state index in [0.717, 1.165) is 97.2 Å². The van der Waals surface area contributed by atoms with Crippen molar-refractivity contribution in [3.63, 3.8) is 0 Å². The topological polar surface area (TPSA) is 77.0 Å². The molecule has 3 aliphatic heterocycles. The van der Waals surface area contributed by atoms with Gasteiger partial charge >= 0.3 is 29.6 Å². The third-order valence-corrected chi connectivity index (χ3v) is 19.8. The van der Waals surface area contributed by atoms with Gasteiger partial charge < -0.3 is 26.3 Å². The summed E-state index contributed by atoms with van der Waals surface area (Å²) in [4.78, 5) is 26.4. The van der Waals surface area contributed by atoms with E-state index >= 15 is 0 Å². The molecule has 9 aromatic carbocycles. The molecule has 0 bridgehead atoms. The molecule has 3 fully saturated rings. The van der Waals surface area contributed by atoms with Gasteiger partial charge in [-0.2, -0.15) is 0 Å². The minimum atomic E-state index is -0.589. The van der Waals surface area contributed by atoms with E-state index in [1.54, 1.807) is 66.7 Å². The fourth-order valence-corrected chi connectivity index (χ4v) is 14.2. The minimum absolute atomic E-state index is 0. The molecule has 3 aliphatic rings. The number of piperazine rings is 3. The van der Waals surface area contributed by atoms with E-state index in [9.17, 15) is 15.0 Å². The van der Waals surface area contributed by atoms with Gasteiger partial charge in [-0.3, -0.25) is 19.5 Å². The number of nitrogens with zero attached hydrogens (tertiary/aromatic N) is 6. The summed E-state index contributed by atoms with van der Waals surface area (Å²) < 4.78 is 0. The van der Waals surface area contributed by atoms with E-state index in [1.165, 1.54) is 0 Å². The van der Waals surface area contributed by atoms with Crippen LogP contribution in [0.25, 0.3) is 0 Å². The number of β-amino-alcohol motifs (C(OH)–C–C–N with tert-alkyl or cyclic N) is 2. The summed E-state index contributed by atoms with van der Waals surface area (Å²) in [6.07, 6.45) is -1.18. The summed E-state index contributed by atoms with van der Waals surface area (Å²) in [5, 5.41) is 29.2. The number of hydrogen-bond donors (Lipinski definition) is 2. The largest absolute Gasteiger partial charge is 1.00 e. The predicted octanol–water partition coefficient (Wildman–Crippen LogP) is 17.6. The van der Waals surface area contributed by atoms with Gasteiger partial charge in [0.05, 0.1) is 69.0 Å². The molecule has 12 rings (SSSR count). The maximum atomic E-state index is 12.8. The van der Waals surface area contributed by atoms with Crippen molar-refractivity contribution in [2.24, 2.45) is 0 Å². The van der Waals surface area contributed by atoms with E-state index in [4.69, 9.17) is 139 Å². The van der Waals surface area contributed by atoms with Crippen molar-refractivity contribution < 1.29 is 46.0 Å². The van der Waals surface area contributed by atoms with Gasteiger partial charge in [0.15, 0.2) is 5.78 Å². The first-order chi connectivity index (χ1) is 44.7. The van der Waals surface area contributed by atoms with Crippen molar-refractivity contribution in [2.75, 3.05) is 93.2 Å². The molecule has 5 atom stereocenters. The number of rotatable bonds is 15. The molecular formula is C72H65BCl12N6NaO3. The average molecular weight is 1520 g/mol. The van der Waals surface area contributed by atoms with Crippen molar-refractivity contribution in [1.82, 2.24) is 14.7 Å². The zero-order chi connectivity index (χ0) is 65.9. The second kappa shape index (κ2) is 36.6. The number of aliphatic hydroxyl groups excluding tert-OH is 2. The molecule has 0 saturated carbocycles. The van der Waals surface area contributed by atoms with Crippen LogP contribution in [0.5, 0.6) is 0 Å². The van der Waals surface area contributed by atoms with Crippen LogP contribution in [-0.4, -0.2) is 118 Å². The number of ketones is 1. The molecule has 0 aromatic heterocycles. The Balaban J connectivity index is 0.000000200. The van der Waals surface area contributed by atoms with E-state index in [2.05, 4.69) is 29.4 Å². The van der Waals surface area contributed by atoms with Crippen molar-refractivity contribution in [3.8, 4) is 0 Å². The fraction of sp³-hybridized carbons (Fsp3) is 0.236. The zero-order valence-electron chi connectivity index (χ0n) is 52.5. The monoisotopic (exact) mass is 1520 g/mol. The number of aliphatic hydroxyl groups is 2. The van der Waals surface area contributed by atoms with Gasteiger partial charge in [0.2, 0.25) is 0 Å². The predicted molar refractivity (Wildman–Crippen MR) is 399 cm³/mol. The first kappa shape index (κ1) is 77.1. The van der Waals surface area contributed by atoms with Crippen LogP contribution in [0.1, 0.15) is 69.9 Å². The van der Waals surface area contributed by atoms with Crippen LogP contribution >= 0.6 is 139 Å². The first-order valence-electron chi connectivity index (χ1n) is 30.0. The SMILES string of the molecule is O=C(CN1CCN(c2ccc(Cl)cc2Cl)[C@H](c2ccc(Cl)cc2)C1)c1ccc(Cl)cc1.O[C@@H](CN1CCN(c2ccc(Cl)cc2Cl)[C@H](c2ccc(Cl)cc2)C1)c1ccc(Cl)cc1.O[C@H](CN1CCN(c2ccc(Cl)cc2Cl)[C@H](c2ccc(Cl)cc2)C1)c1ccc(Cl)cc1.[B].[H-].[Na+]. The van der Waals surface area contributed by atoms with Crippen LogP contribution in [0.2, 0.25) is 60.3 Å². The van der Waals surface area contributed by atoms with Gasteiger partial charge in [0, 0.05) is 131 Å². The number of halogens is 12. The Morgan fingerprint density at radius 1 is 0.358 bits per heavy atom. The molecule has 0 amide bonds. The molecule has 9 aromatic rings. The fourth-order valence-electron chi connectivity index (χ4n) is 11.9. The molecule has 23 heteroatoms. The molecule has 0 unspecified atom stereocenters. The molecule has 0 aliphatic carbocycles. The molecule has 3 radical (unpaired) electrons. The normalized spacial score (nSPS) is 17.5. The number of anilines is 3. The molecule has 3 heterocycles. The second-order valence-corrected chi connectivity index (χ2v) is 28.0. The number of hydrogen-bond acceptors (Lipinski definition) is 9. The summed E-state index contributed by atoms with van der Waals surface area (Å²) in [7, 11) is 0. The standard InChI is InChI=1S/2C24H22Cl4N2O.C24H20Cl4N2O.B.Na.H/c3*25-18-5-1-16(2-6-18)23-14-29(15-24(31)17-3-7-19(26)8-4-17)11-12-30(23)22-10-9-20(27)13-21(22)28;;;/h2*1-10,13,23-24,31H,11-12,14-15H2;1-10,13,23H,11-12,14-15H2;;;/q;;;;+1;-1/t23-,24+;23-,24-;23-;;;/m000.../s1. The zero-order valence-corrected chi connectivity index (χ0v) is 62.6. The van der Waals surface area contributed by atoms with Crippen molar-refractivity contribution in [1.29, 1.82) is 0 Å². The molecular weight excluding hydrogens is 1460 g/mol. The summed E-state index contributed by atoms with van der Waals surface area (Å²) in [5.41, 5.74) is 8.59. The summed E-state index contributed by atoms with van der Waals surface area (Å²) >= 11 is 74.2. The van der Waals surface area contributed by atoms with Crippen molar-refractivity contribution in [2.45, 2.75) is 30.3 Å². The molecule has 3 saturated heterocycles. The van der Waals surface area contributed by atoms with Gasteiger partial charge in [-0.05, 0) is 167 Å². The van der Waals surface area contributed by atoms with E-state index < -0.39 is 12.2 Å². The van der Waals surface area contributed by atoms with Crippen molar-refractivity contribution >= 4 is 170 Å². The van der Waals surface area contributed by atoms with Crippen LogP contribution in [-0.2, 0) is 0 Å². The van der Waals surface area contributed by atoms with Crippen LogP contribution in [0, 0.1) is 0 Å². The van der Waals surface area contributed by atoms with Crippen LogP contribution in [0.15, 0.2) is 200 Å². The molecule has 489 valence electrons. The Bertz CT molecular complexity index is 3790. The molecule has 9 nitrogen and oxygen atoms in total. The summed E-state index contributed by atoms with van der Waals surface area (Å²) in [6, 6.07) is 62.2. The molecule has 95 heavy (non-hydrogen) atoms. The Morgan fingerprint density at radius 2 is 0.611 bits per heavy atom.